The Morgan fingerprint density at radius 1 is 1.32 bits per heavy atom. The van der Waals surface area contributed by atoms with Crippen LogP contribution in [-0.2, 0) is 9.47 Å². The van der Waals surface area contributed by atoms with E-state index in [4.69, 9.17) is 26.3 Å². The summed E-state index contributed by atoms with van der Waals surface area (Å²) in [5, 5.41) is 24.4. The maximum atomic E-state index is 11.6. The first-order valence-electron chi connectivity index (χ1n) is 10.7. The summed E-state index contributed by atoms with van der Waals surface area (Å²) in [6.45, 7) is 10.6. The number of ether oxygens (including phenoxy) is 2. The molecule has 0 bridgehead atoms. The molecule has 0 amide bonds. The van der Waals surface area contributed by atoms with Gasteiger partial charge in [-0.1, -0.05) is 31.2 Å². The van der Waals surface area contributed by atoms with E-state index in [1.165, 1.54) is 6.07 Å². The molecular formula is C21H33ClN4O4Si. The molecule has 1 N–H and O–H groups in total. The molecule has 1 unspecified atom stereocenters. The molecule has 0 radical (unpaired) electrons. The lowest BCUT2D eigenvalue weighted by atomic mass is 10.00. The van der Waals surface area contributed by atoms with Crippen LogP contribution in [0.5, 0.6) is 0 Å². The van der Waals surface area contributed by atoms with Crippen molar-refractivity contribution in [3.05, 3.63) is 32.8 Å². The summed E-state index contributed by atoms with van der Waals surface area (Å²) in [7, 11) is -1.08. The third-order valence-electron chi connectivity index (χ3n) is 5.28. The standard InChI is InChI=1S/C21H33ClN4O4Si/c1-31(2,3)11-10-30-16-29-9-7-24-15-18-6-4-5-8-25(18)20-13-19(22)17(14-23)12-21(20)26(27)28/h12-13,18,24H,4-11,15-16H2,1-3H3. The average molecular weight is 469 g/mol. The van der Waals surface area contributed by atoms with Gasteiger partial charge >= 0.3 is 0 Å². The largest absolute Gasteiger partial charge is 0.362 e. The van der Waals surface area contributed by atoms with Gasteiger partial charge < -0.3 is 19.7 Å². The van der Waals surface area contributed by atoms with Crippen molar-refractivity contribution in [2.75, 3.05) is 44.5 Å². The first kappa shape index (κ1) is 25.6. The summed E-state index contributed by atoms with van der Waals surface area (Å²) in [4.78, 5) is 13.2. The van der Waals surface area contributed by atoms with Crippen LogP contribution >= 0.6 is 11.6 Å². The van der Waals surface area contributed by atoms with Gasteiger partial charge in [0.25, 0.3) is 5.69 Å². The fourth-order valence-corrected chi connectivity index (χ4v) is 4.47. The number of nitriles is 1. The lowest BCUT2D eigenvalue weighted by Crippen LogP contribution is -2.46. The molecule has 1 saturated heterocycles. The Bertz CT molecular complexity index is 782. The van der Waals surface area contributed by atoms with E-state index in [1.54, 1.807) is 6.07 Å². The number of hydrogen-bond acceptors (Lipinski definition) is 7. The molecule has 2 rings (SSSR count). The first-order valence-corrected chi connectivity index (χ1v) is 14.8. The second kappa shape index (κ2) is 12.4. The number of piperidine rings is 1. The Kier molecular flexibility index (Phi) is 10.2. The molecule has 1 aliphatic heterocycles. The molecule has 31 heavy (non-hydrogen) atoms. The first-order chi connectivity index (χ1) is 14.7. The van der Waals surface area contributed by atoms with E-state index in [-0.39, 0.29) is 22.3 Å². The van der Waals surface area contributed by atoms with Crippen LogP contribution in [0, 0.1) is 21.4 Å². The van der Waals surface area contributed by atoms with Crippen LogP contribution in [0.25, 0.3) is 0 Å². The molecule has 1 aliphatic rings. The number of benzene rings is 1. The van der Waals surface area contributed by atoms with Gasteiger partial charge in [-0.15, -0.1) is 0 Å². The minimum Gasteiger partial charge on any atom is -0.362 e. The second-order valence-corrected chi connectivity index (χ2v) is 15.0. The third-order valence-corrected chi connectivity index (χ3v) is 7.30. The van der Waals surface area contributed by atoms with E-state index in [0.717, 1.165) is 38.5 Å². The Labute approximate surface area is 190 Å². The highest BCUT2D eigenvalue weighted by atomic mass is 35.5. The Balaban J connectivity index is 1.85. The average Bonchev–Trinajstić information content (AvgIpc) is 2.71. The van der Waals surface area contributed by atoms with Crippen LogP contribution < -0.4 is 10.2 Å². The Morgan fingerprint density at radius 3 is 2.74 bits per heavy atom. The van der Waals surface area contributed by atoms with Crippen molar-refractivity contribution in [1.82, 2.24) is 5.32 Å². The molecule has 0 spiro atoms. The molecule has 0 saturated carbocycles. The zero-order chi connectivity index (χ0) is 22.9. The van der Waals surface area contributed by atoms with Crippen molar-refractivity contribution in [3.63, 3.8) is 0 Å². The summed E-state index contributed by atoms with van der Waals surface area (Å²) in [5.41, 5.74) is 0.521. The van der Waals surface area contributed by atoms with Gasteiger partial charge in [-0.2, -0.15) is 5.26 Å². The Morgan fingerprint density at radius 2 is 2.06 bits per heavy atom. The number of hydrogen-bond donors (Lipinski definition) is 1. The molecule has 10 heteroatoms. The zero-order valence-electron chi connectivity index (χ0n) is 18.7. The second-order valence-electron chi connectivity index (χ2n) is 8.98. The Hall–Kier alpha value is -1.70. The fraction of sp³-hybridized carbons (Fsp3) is 0.667. The number of nitrogens with one attached hydrogen (secondary N) is 1. The van der Waals surface area contributed by atoms with Crippen LogP contribution in [0.3, 0.4) is 0 Å². The van der Waals surface area contributed by atoms with E-state index in [9.17, 15) is 10.1 Å². The number of rotatable bonds is 12. The van der Waals surface area contributed by atoms with Gasteiger partial charge in [0.2, 0.25) is 0 Å². The molecular weight excluding hydrogens is 436 g/mol. The highest BCUT2D eigenvalue weighted by Crippen LogP contribution is 2.36. The molecule has 0 aliphatic carbocycles. The van der Waals surface area contributed by atoms with Gasteiger partial charge in [0.15, 0.2) is 0 Å². The smallest absolute Gasteiger partial charge is 0.293 e. The normalized spacial score (nSPS) is 16.9. The summed E-state index contributed by atoms with van der Waals surface area (Å²) in [5.74, 6) is 0. The van der Waals surface area contributed by atoms with E-state index in [2.05, 4.69) is 25.0 Å². The molecule has 1 heterocycles. The predicted octanol–water partition coefficient (Wildman–Crippen LogP) is 4.40. The van der Waals surface area contributed by atoms with Crippen LogP contribution in [0.4, 0.5) is 11.4 Å². The number of nitro benzene ring substituents is 1. The third kappa shape index (κ3) is 8.39. The van der Waals surface area contributed by atoms with E-state index >= 15 is 0 Å². The summed E-state index contributed by atoms with van der Waals surface area (Å²) >= 11 is 6.18. The highest BCUT2D eigenvalue weighted by molar-refractivity contribution is 6.76. The highest BCUT2D eigenvalue weighted by Gasteiger charge is 2.29. The van der Waals surface area contributed by atoms with E-state index in [0.29, 0.717) is 32.2 Å². The van der Waals surface area contributed by atoms with Gasteiger partial charge in [-0.3, -0.25) is 10.1 Å². The lowest BCUT2D eigenvalue weighted by Gasteiger charge is -2.37. The molecule has 1 atom stereocenters. The predicted molar refractivity (Wildman–Crippen MR) is 126 cm³/mol. The minimum atomic E-state index is -1.08. The molecule has 1 aromatic carbocycles. The summed E-state index contributed by atoms with van der Waals surface area (Å²) in [6.07, 6.45) is 2.97. The summed E-state index contributed by atoms with van der Waals surface area (Å²) < 4.78 is 11.0. The number of halogens is 1. The van der Waals surface area contributed by atoms with Crippen molar-refractivity contribution >= 4 is 31.0 Å². The maximum Gasteiger partial charge on any atom is 0.293 e. The van der Waals surface area contributed by atoms with Crippen LogP contribution in [-0.4, -0.2) is 58.7 Å². The molecule has 172 valence electrons. The maximum absolute atomic E-state index is 11.6. The van der Waals surface area contributed by atoms with Crippen molar-refractivity contribution in [1.29, 1.82) is 5.26 Å². The van der Waals surface area contributed by atoms with Gasteiger partial charge in [0.05, 0.1) is 22.1 Å². The number of nitrogens with zero attached hydrogens (tertiary/aromatic N) is 3. The van der Waals surface area contributed by atoms with Crippen molar-refractivity contribution in [2.45, 2.75) is 51.0 Å². The molecule has 1 fully saturated rings. The van der Waals surface area contributed by atoms with Crippen molar-refractivity contribution < 1.29 is 14.4 Å². The van der Waals surface area contributed by atoms with Gasteiger partial charge in [0.1, 0.15) is 18.5 Å². The minimum absolute atomic E-state index is 0.0772. The van der Waals surface area contributed by atoms with Crippen LogP contribution in [0.1, 0.15) is 24.8 Å². The number of anilines is 1. The SMILES string of the molecule is C[Si](C)(C)CCOCOCCNCC1CCCCN1c1cc(Cl)c(C#N)cc1[N+](=O)[O-]. The molecule has 0 aromatic heterocycles. The number of nitro groups is 1. The van der Waals surface area contributed by atoms with Crippen LogP contribution in [0.15, 0.2) is 12.1 Å². The monoisotopic (exact) mass is 468 g/mol. The fourth-order valence-electron chi connectivity index (χ4n) is 3.51. The van der Waals surface area contributed by atoms with Gasteiger partial charge in [0, 0.05) is 46.4 Å². The molecule has 1 aromatic rings. The van der Waals surface area contributed by atoms with Gasteiger partial charge in [-0.25, -0.2) is 0 Å². The topological polar surface area (TPSA) is 101 Å². The van der Waals surface area contributed by atoms with Crippen LogP contribution in [0.2, 0.25) is 30.7 Å². The zero-order valence-corrected chi connectivity index (χ0v) is 20.4. The van der Waals surface area contributed by atoms with Gasteiger partial charge in [-0.05, 0) is 31.4 Å². The van der Waals surface area contributed by atoms with Crippen molar-refractivity contribution in [3.8, 4) is 6.07 Å². The lowest BCUT2D eigenvalue weighted by molar-refractivity contribution is -0.384. The summed E-state index contributed by atoms with van der Waals surface area (Å²) in [6, 6.07) is 5.98. The van der Waals surface area contributed by atoms with E-state index < -0.39 is 13.0 Å². The van der Waals surface area contributed by atoms with E-state index in [1.807, 2.05) is 11.0 Å². The molecule has 8 nitrogen and oxygen atoms in total. The quantitative estimate of drug-likeness (QED) is 0.159. The van der Waals surface area contributed by atoms with Crippen molar-refractivity contribution in [2.24, 2.45) is 0 Å².